The Labute approximate surface area is 292 Å². The fraction of sp³-hybridized carbons (Fsp3) is 0.0612. The van der Waals surface area contributed by atoms with E-state index >= 15 is 0 Å². The van der Waals surface area contributed by atoms with E-state index in [0.717, 1.165) is 11.4 Å². The molecule has 1 heteroatoms. The topological polar surface area (TPSA) is 3.24 Å². The Morgan fingerprint density at radius 2 is 0.940 bits per heavy atom. The van der Waals surface area contributed by atoms with Crippen LogP contribution in [0.3, 0.4) is 0 Å². The number of nitrogens with zero attached hydrogens (tertiary/aromatic N) is 1. The number of benzene rings is 9. The molecule has 0 atom stereocenters. The lowest BCUT2D eigenvalue weighted by molar-refractivity contribution is 0.660. The average molecular weight is 638 g/mol. The molecule has 0 amide bonds. The quantitative estimate of drug-likeness (QED) is 0.174. The van der Waals surface area contributed by atoms with Crippen LogP contribution in [0.4, 0.5) is 17.1 Å². The molecule has 9 aromatic carbocycles. The third-order valence-corrected chi connectivity index (χ3v) is 11.0. The van der Waals surface area contributed by atoms with Crippen LogP contribution < -0.4 is 4.90 Å². The van der Waals surface area contributed by atoms with Crippen LogP contribution in [-0.4, -0.2) is 0 Å². The van der Waals surface area contributed by atoms with Crippen LogP contribution >= 0.6 is 0 Å². The molecule has 0 aromatic heterocycles. The van der Waals surface area contributed by atoms with Crippen molar-refractivity contribution in [1.29, 1.82) is 0 Å². The third kappa shape index (κ3) is 4.27. The van der Waals surface area contributed by atoms with Crippen molar-refractivity contribution in [1.82, 2.24) is 0 Å². The molecule has 0 radical (unpaired) electrons. The van der Waals surface area contributed by atoms with E-state index in [9.17, 15) is 0 Å². The minimum atomic E-state index is -0.0864. The summed E-state index contributed by atoms with van der Waals surface area (Å²) in [6, 6.07) is 65.0. The zero-order chi connectivity index (χ0) is 33.4. The van der Waals surface area contributed by atoms with E-state index in [2.05, 4.69) is 195 Å². The molecule has 10 rings (SSSR count). The summed E-state index contributed by atoms with van der Waals surface area (Å²) >= 11 is 0. The minimum absolute atomic E-state index is 0.0864. The number of anilines is 3. The highest BCUT2D eigenvalue weighted by Gasteiger charge is 2.37. The second kappa shape index (κ2) is 10.9. The number of rotatable bonds is 4. The molecule has 0 heterocycles. The van der Waals surface area contributed by atoms with Crippen molar-refractivity contribution in [3.63, 3.8) is 0 Å². The van der Waals surface area contributed by atoms with Gasteiger partial charge in [-0.25, -0.2) is 0 Å². The Kier molecular flexibility index (Phi) is 6.29. The van der Waals surface area contributed by atoms with Gasteiger partial charge in [0.05, 0.1) is 5.69 Å². The average Bonchev–Trinajstić information content (AvgIpc) is 3.41. The molecule has 1 aliphatic carbocycles. The van der Waals surface area contributed by atoms with Crippen molar-refractivity contribution < 1.29 is 0 Å². The van der Waals surface area contributed by atoms with Gasteiger partial charge >= 0.3 is 0 Å². The van der Waals surface area contributed by atoms with Crippen molar-refractivity contribution >= 4 is 60.2 Å². The first-order chi connectivity index (χ1) is 24.6. The van der Waals surface area contributed by atoms with Gasteiger partial charge < -0.3 is 4.90 Å². The van der Waals surface area contributed by atoms with Gasteiger partial charge in [-0.15, -0.1) is 0 Å². The van der Waals surface area contributed by atoms with E-state index in [-0.39, 0.29) is 5.41 Å². The highest BCUT2D eigenvalue weighted by molar-refractivity contribution is 6.17. The predicted molar refractivity (Wildman–Crippen MR) is 214 cm³/mol. The van der Waals surface area contributed by atoms with Gasteiger partial charge in [0.15, 0.2) is 0 Å². The summed E-state index contributed by atoms with van der Waals surface area (Å²) in [7, 11) is 0. The summed E-state index contributed by atoms with van der Waals surface area (Å²) in [5.74, 6) is 0. The van der Waals surface area contributed by atoms with Crippen molar-refractivity contribution in [2.24, 2.45) is 0 Å². The summed E-state index contributed by atoms with van der Waals surface area (Å²) in [5, 5.41) is 10.2. The maximum absolute atomic E-state index is 2.47. The summed E-state index contributed by atoms with van der Waals surface area (Å²) in [4.78, 5) is 2.47. The Hall–Kier alpha value is -6.18. The summed E-state index contributed by atoms with van der Waals surface area (Å²) in [6.45, 7) is 4.71. The molecule has 1 aliphatic rings. The van der Waals surface area contributed by atoms with Gasteiger partial charge in [0.25, 0.3) is 0 Å². The number of fused-ring (bicyclic) bond motifs is 9. The van der Waals surface area contributed by atoms with Gasteiger partial charge in [-0.05, 0) is 101 Å². The summed E-state index contributed by atoms with van der Waals surface area (Å²) in [6.07, 6.45) is 0. The minimum Gasteiger partial charge on any atom is -0.310 e. The number of hydrogen-bond donors (Lipinski definition) is 0. The molecular weight excluding hydrogens is 603 g/mol. The van der Waals surface area contributed by atoms with Crippen molar-refractivity contribution in [3.8, 4) is 22.3 Å². The molecule has 1 nitrogen and oxygen atoms in total. The van der Waals surface area contributed by atoms with Gasteiger partial charge in [-0.2, -0.15) is 0 Å². The van der Waals surface area contributed by atoms with Crippen LogP contribution in [0.2, 0.25) is 0 Å². The fourth-order valence-corrected chi connectivity index (χ4v) is 8.57. The van der Waals surface area contributed by atoms with E-state index in [1.807, 2.05) is 0 Å². The van der Waals surface area contributed by atoms with Gasteiger partial charge in [0.1, 0.15) is 0 Å². The van der Waals surface area contributed by atoms with E-state index < -0.39 is 0 Å². The van der Waals surface area contributed by atoms with Crippen LogP contribution in [0.1, 0.15) is 25.0 Å². The van der Waals surface area contributed by atoms with Crippen LogP contribution in [0.25, 0.3) is 65.3 Å². The van der Waals surface area contributed by atoms with E-state index in [0.29, 0.717) is 0 Å². The monoisotopic (exact) mass is 637 g/mol. The first-order valence-electron chi connectivity index (χ1n) is 17.5. The Morgan fingerprint density at radius 1 is 0.380 bits per heavy atom. The second-order valence-corrected chi connectivity index (χ2v) is 14.1. The molecule has 9 aromatic rings. The summed E-state index contributed by atoms with van der Waals surface area (Å²) in [5.41, 5.74) is 11.2. The lowest BCUT2D eigenvalue weighted by atomic mass is 9.82. The zero-order valence-electron chi connectivity index (χ0n) is 28.2. The van der Waals surface area contributed by atoms with Crippen LogP contribution in [0.15, 0.2) is 176 Å². The molecule has 236 valence electrons. The normalized spacial score (nSPS) is 13.2. The van der Waals surface area contributed by atoms with Crippen molar-refractivity contribution in [2.45, 2.75) is 19.3 Å². The Morgan fingerprint density at radius 3 is 1.76 bits per heavy atom. The van der Waals surface area contributed by atoms with Gasteiger partial charge in [-0.3, -0.25) is 0 Å². The molecule has 0 spiro atoms. The lowest BCUT2D eigenvalue weighted by Crippen LogP contribution is -2.16. The Balaban J connectivity index is 1.18. The van der Waals surface area contributed by atoms with Gasteiger partial charge in [-0.1, -0.05) is 159 Å². The smallest absolute Gasteiger partial charge is 0.0543 e. The highest BCUT2D eigenvalue weighted by atomic mass is 15.1. The van der Waals surface area contributed by atoms with Crippen LogP contribution in [0, 0.1) is 0 Å². The van der Waals surface area contributed by atoms with Crippen LogP contribution in [-0.2, 0) is 5.41 Å². The van der Waals surface area contributed by atoms with Crippen molar-refractivity contribution in [2.75, 3.05) is 4.90 Å². The standard InChI is InChI=1S/C49H35N/c1-49(2)45-18-8-7-16-44(45)48-46(49)19-10-20-47(48)50(36-25-21-34(22-26-36)39-17-9-13-32-11-3-5-14-38(32)39)37-27-30-41-35(31-37)24-29-42-40-15-6-4-12-33(40)23-28-43(41)42/h3-31H,1-2H3. The van der Waals surface area contributed by atoms with Gasteiger partial charge in [0.2, 0.25) is 0 Å². The SMILES string of the molecule is CC1(C)c2ccccc2-c2c(N(c3ccc(-c4cccc5ccccc45)cc3)c3ccc4c(ccc5c6ccccc6ccc45)c3)cccc21. The second-order valence-electron chi connectivity index (χ2n) is 14.1. The first kappa shape index (κ1) is 28.8. The molecule has 0 aliphatic heterocycles. The largest absolute Gasteiger partial charge is 0.310 e. The Bertz CT molecular complexity index is 2780. The van der Waals surface area contributed by atoms with E-state index in [1.54, 1.807) is 0 Å². The maximum atomic E-state index is 2.47. The lowest BCUT2D eigenvalue weighted by Gasteiger charge is -2.29. The third-order valence-electron chi connectivity index (χ3n) is 11.0. The van der Waals surface area contributed by atoms with Crippen molar-refractivity contribution in [3.05, 3.63) is 187 Å². The summed E-state index contributed by atoms with van der Waals surface area (Å²) < 4.78 is 0. The molecule has 0 fully saturated rings. The van der Waals surface area contributed by atoms with E-state index in [1.165, 1.54) is 82.2 Å². The number of hydrogen-bond acceptors (Lipinski definition) is 1. The molecule has 0 unspecified atom stereocenters. The van der Waals surface area contributed by atoms with E-state index in [4.69, 9.17) is 0 Å². The molecule has 0 saturated heterocycles. The highest BCUT2D eigenvalue weighted by Crippen LogP contribution is 2.54. The fourth-order valence-electron chi connectivity index (χ4n) is 8.57. The predicted octanol–water partition coefficient (Wildman–Crippen LogP) is 13.7. The molecular formula is C49H35N. The zero-order valence-corrected chi connectivity index (χ0v) is 28.2. The molecule has 0 bridgehead atoms. The van der Waals surface area contributed by atoms with Gasteiger partial charge in [0, 0.05) is 22.4 Å². The molecule has 0 N–H and O–H groups in total. The molecule has 0 saturated carbocycles. The van der Waals surface area contributed by atoms with Crippen LogP contribution in [0.5, 0.6) is 0 Å². The first-order valence-corrected chi connectivity index (χ1v) is 17.5. The maximum Gasteiger partial charge on any atom is 0.0543 e. The molecule has 50 heavy (non-hydrogen) atoms.